The summed E-state index contributed by atoms with van der Waals surface area (Å²) in [5.74, 6) is 0.0120. The summed E-state index contributed by atoms with van der Waals surface area (Å²) in [6.45, 7) is 3.99. The zero-order chi connectivity index (χ0) is 30.6. The number of carbonyl (C=O) groups excluding carboxylic acids is 3. The number of rotatable bonds is 13. The Hall–Kier alpha value is -4.21. The second kappa shape index (κ2) is 16.0. The minimum absolute atomic E-state index is 0.0482. The highest BCUT2D eigenvalue weighted by Crippen LogP contribution is 2.16. The fraction of sp³-hybridized carbons (Fsp3) is 0.400. The molecule has 3 aromatic rings. The van der Waals surface area contributed by atoms with Gasteiger partial charge in [-0.2, -0.15) is 0 Å². The summed E-state index contributed by atoms with van der Waals surface area (Å²) in [5, 5.41) is 9.68. The second-order valence-electron chi connectivity index (χ2n) is 11.5. The zero-order valence-corrected chi connectivity index (χ0v) is 25.2. The Balaban J connectivity index is 1.21. The lowest BCUT2D eigenvalue weighted by Gasteiger charge is -2.38. The van der Waals surface area contributed by atoms with Crippen LogP contribution < -0.4 is 16.0 Å². The van der Waals surface area contributed by atoms with Crippen molar-refractivity contribution in [2.24, 2.45) is 0 Å². The van der Waals surface area contributed by atoms with Gasteiger partial charge in [-0.15, -0.1) is 0 Å². The molecule has 44 heavy (non-hydrogen) atoms. The molecule has 0 aliphatic carbocycles. The van der Waals surface area contributed by atoms with Crippen LogP contribution in [0.2, 0.25) is 0 Å². The molecule has 2 aliphatic heterocycles. The zero-order valence-electron chi connectivity index (χ0n) is 25.2. The van der Waals surface area contributed by atoms with Crippen molar-refractivity contribution in [2.75, 3.05) is 39.3 Å². The third kappa shape index (κ3) is 8.90. The van der Waals surface area contributed by atoms with E-state index in [9.17, 15) is 14.4 Å². The fourth-order valence-corrected chi connectivity index (χ4v) is 5.93. The molecule has 5 rings (SSSR count). The van der Waals surface area contributed by atoms with Crippen LogP contribution in [0.3, 0.4) is 0 Å². The van der Waals surface area contributed by atoms with Gasteiger partial charge in [0.2, 0.25) is 11.8 Å². The van der Waals surface area contributed by atoms with E-state index in [1.165, 1.54) is 11.1 Å². The van der Waals surface area contributed by atoms with E-state index >= 15 is 0 Å². The Morgan fingerprint density at radius 3 is 1.86 bits per heavy atom. The van der Waals surface area contributed by atoms with Gasteiger partial charge in [-0.1, -0.05) is 91.0 Å². The van der Waals surface area contributed by atoms with Crippen LogP contribution in [-0.2, 0) is 33.8 Å². The average Bonchev–Trinajstić information content (AvgIpc) is 3.07. The van der Waals surface area contributed by atoms with Crippen LogP contribution in [-0.4, -0.2) is 85.1 Å². The van der Waals surface area contributed by atoms with Crippen LogP contribution in [0.15, 0.2) is 91.0 Å². The molecule has 0 saturated carbocycles. The van der Waals surface area contributed by atoms with E-state index in [1.807, 2.05) is 76.5 Å². The lowest BCUT2D eigenvalue weighted by Crippen LogP contribution is -2.63. The van der Waals surface area contributed by atoms with Crippen molar-refractivity contribution in [2.45, 2.75) is 50.4 Å². The van der Waals surface area contributed by atoms with Gasteiger partial charge in [0.15, 0.2) is 0 Å². The summed E-state index contributed by atoms with van der Waals surface area (Å²) in [7, 11) is 0. The van der Waals surface area contributed by atoms with Crippen LogP contribution in [0.4, 0.5) is 4.79 Å². The third-order valence-electron chi connectivity index (χ3n) is 8.42. The first-order valence-corrected chi connectivity index (χ1v) is 15.7. The summed E-state index contributed by atoms with van der Waals surface area (Å²) in [6.07, 6.45) is 1.90. The summed E-state index contributed by atoms with van der Waals surface area (Å²) < 4.78 is 5.53. The lowest BCUT2D eigenvalue weighted by atomic mass is 9.96. The highest BCUT2D eigenvalue weighted by atomic mass is 16.5. The van der Waals surface area contributed by atoms with Crippen molar-refractivity contribution in [3.05, 3.63) is 108 Å². The molecule has 2 fully saturated rings. The van der Waals surface area contributed by atoms with Gasteiger partial charge in [0.25, 0.3) is 0 Å². The van der Waals surface area contributed by atoms with Gasteiger partial charge in [0.05, 0.1) is 12.1 Å². The van der Waals surface area contributed by atoms with Crippen molar-refractivity contribution in [3.63, 3.8) is 0 Å². The maximum Gasteiger partial charge on any atom is 0.407 e. The molecular weight excluding hydrogens is 554 g/mol. The molecule has 2 heterocycles. The van der Waals surface area contributed by atoms with Crippen LogP contribution in [0, 0.1) is 0 Å². The molecule has 0 radical (unpaired) electrons. The maximum absolute atomic E-state index is 13.7. The number of amides is 3. The summed E-state index contributed by atoms with van der Waals surface area (Å²) in [6, 6.07) is 28.2. The summed E-state index contributed by atoms with van der Waals surface area (Å²) in [4.78, 5) is 43.9. The summed E-state index contributed by atoms with van der Waals surface area (Å²) >= 11 is 0. The smallest absolute Gasteiger partial charge is 0.407 e. The quantitative estimate of drug-likeness (QED) is 0.280. The average molecular weight is 598 g/mol. The van der Waals surface area contributed by atoms with E-state index in [-0.39, 0.29) is 24.5 Å². The first kappa shape index (κ1) is 31.2. The van der Waals surface area contributed by atoms with Crippen LogP contribution in [0.25, 0.3) is 0 Å². The standard InChI is InChI=1S/C35H43N5O4/c41-33-31(36-20-24-39(33)22-18-27-10-4-1-5-11-27)17-16-30(38-35(43)44-26-29-14-8-3-9-15-29)32-34(42)40(25-21-37-32)23-19-28-12-6-2-7-13-28/h1-15,30-32,36-37H,16-26H2,(H,38,43). The number of piperazine rings is 2. The normalized spacial score (nSPS) is 19.5. The molecular formula is C35H43N5O4. The topological polar surface area (TPSA) is 103 Å². The molecule has 9 nitrogen and oxygen atoms in total. The van der Waals surface area contributed by atoms with Gasteiger partial charge >= 0.3 is 6.09 Å². The number of hydrogen-bond donors (Lipinski definition) is 3. The van der Waals surface area contributed by atoms with Crippen molar-refractivity contribution in [3.8, 4) is 0 Å². The number of nitrogens with one attached hydrogen (secondary N) is 3. The van der Waals surface area contributed by atoms with Gasteiger partial charge in [-0.25, -0.2) is 4.79 Å². The number of ether oxygens (including phenoxy) is 1. The Labute approximate surface area is 260 Å². The Kier molecular flexibility index (Phi) is 11.4. The molecule has 3 N–H and O–H groups in total. The van der Waals surface area contributed by atoms with Crippen LogP contribution >= 0.6 is 0 Å². The Morgan fingerprint density at radius 1 is 0.750 bits per heavy atom. The Bertz CT molecular complexity index is 1340. The van der Waals surface area contributed by atoms with E-state index in [2.05, 4.69) is 40.2 Å². The molecule has 2 aliphatic rings. The van der Waals surface area contributed by atoms with Gasteiger partial charge in [0, 0.05) is 39.3 Å². The number of nitrogens with zero attached hydrogens (tertiary/aromatic N) is 2. The largest absolute Gasteiger partial charge is 0.445 e. The highest BCUT2D eigenvalue weighted by molar-refractivity contribution is 5.85. The van der Waals surface area contributed by atoms with E-state index in [1.54, 1.807) is 0 Å². The van der Waals surface area contributed by atoms with Gasteiger partial charge < -0.3 is 30.5 Å². The Morgan fingerprint density at radius 2 is 1.27 bits per heavy atom. The molecule has 2 saturated heterocycles. The van der Waals surface area contributed by atoms with E-state index in [4.69, 9.17) is 4.74 Å². The number of hydrogen-bond acceptors (Lipinski definition) is 6. The van der Waals surface area contributed by atoms with Gasteiger partial charge in [0.1, 0.15) is 12.6 Å². The van der Waals surface area contributed by atoms with E-state index < -0.39 is 18.2 Å². The first-order valence-electron chi connectivity index (χ1n) is 15.7. The summed E-state index contributed by atoms with van der Waals surface area (Å²) in [5.41, 5.74) is 3.26. The van der Waals surface area contributed by atoms with Crippen molar-refractivity contribution in [1.29, 1.82) is 0 Å². The molecule has 232 valence electrons. The molecule has 3 amide bonds. The minimum Gasteiger partial charge on any atom is -0.445 e. The molecule has 9 heteroatoms. The minimum atomic E-state index is -0.614. The maximum atomic E-state index is 13.7. The fourth-order valence-electron chi connectivity index (χ4n) is 5.93. The van der Waals surface area contributed by atoms with Gasteiger partial charge in [-0.3, -0.25) is 9.59 Å². The predicted octanol–water partition coefficient (Wildman–Crippen LogP) is 3.15. The molecule has 3 atom stereocenters. The van der Waals surface area contributed by atoms with Crippen molar-refractivity contribution in [1.82, 2.24) is 25.8 Å². The van der Waals surface area contributed by atoms with Crippen LogP contribution in [0.5, 0.6) is 0 Å². The molecule has 3 aromatic carbocycles. The van der Waals surface area contributed by atoms with Gasteiger partial charge in [-0.05, 0) is 42.4 Å². The van der Waals surface area contributed by atoms with E-state index in [0.29, 0.717) is 52.1 Å². The number of benzene rings is 3. The molecule has 0 bridgehead atoms. The van der Waals surface area contributed by atoms with Crippen LogP contribution in [0.1, 0.15) is 29.5 Å². The first-order chi connectivity index (χ1) is 21.6. The number of carbonyl (C=O) groups is 3. The van der Waals surface area contributed by atoms with Crippen molar-refractivity contribution < 1.29 is 19.1 Å². The second-order valence-corrected chi connectivity index (χ2v) is 11.5. The monoisotopic (exact) mass is 597 g/mol. The molecule has 0 spiro atoms. The predicted molar refractivity (Wildman–Crippen MR) is 170 cm³/mol. The van der Waals surface area contributed by atoms with Crippen molar-refractivity contribution >= 4 is 17.9 Å². The number of alkyl carbamates (subject to hydrolysis) is 1. The lowest BCUT2D eigenvalue weighted by molar-refractivity contribution is -0.136. The van der Waals surface area contributed by atoms with E-state index in [0.717, 1.165) is 18.4 Å². The highest BCUT2D eigenvalue weighted by Gasteiger charge is 2.37. The SMILES string of the molecule is O=C(NC(CCC1NCCN(CCc2ccccc2)C1=O)C1NCCN(CCc2ccccc2)C1=O)OCc1ccccc1. The molecule has 3 unspecified atom stereocenters. The molecule has 0 aromatic heterocycles. The third-order valence-corrected chi connectivity index (χ3v) is 8.42.